The predicted octanol–water partition coefficient (Wildman–Crippen LogP) is 2.48. The van der Waals surface area contributed by atoms with Crippen LogP contribution >= 0.6 is 11.8 Å². The molecule has 5 rings (SSSR count). The summed E-state index contributed by atoms with van der Waals surface area (Å²) in [5.74, 6) is -1.98. The molecule has 3 heterocycles. The van der Waals surface area contributed by atoms with E-state index in [9.17, 15) is 24.3 Å². The van der Waals surface area contributed by atoms with E-state index < -0.39 is 35.9 Å². The number of hydrogen-bond acceptors (Lipinski definition) is 6. The molecule has 232 valence electrons. The molecule has 4 unspecified atom stereocenters. The summed E-state index contributed by atoms with van der Waals surface area (Å²) in [5.41, 5.74) is 3.41. The van der Waals surface area contributed by atoms with E-state index >= 15 is 0 Å². The normalized spacial score (nSPS) is 16.8. The van der Waals surface area contributed by atoms with E-state index in [0.717, 1.165) is 45.9 Å². The zero-order valence-electron chi connectivity index (χ0n) is 24.5. The predicted molar refractivity (Wildman–Crippen MR) is 171 cm³/mol. The standard InChI is InChI=1S/C32H38N6O5S/c1-44-14-12-26(30(40)38-28(32(42)43)16-20-18-35-24-10-5-3-8-22(20)24)36-31(41)27(37-29(39)25-11-6-13-33-25)15-19-17-34-23-9-4-2-7-21(19)23/h2-5,7-10,17-18,25-28,33-35H,6,11-16H2,1H3,(H,36,41)(H,37,39)(H,38,40)(H,42,43). The third-order valence-electron chi connectivity index (χ3n) is 8.07. The van der Waals surface area contributed by atoms with Crippen molar-refractivity contribution in [2.24, 2.45) is 0 Å². The Hall–Kier alpha value is -4.29. The van der Waals surface area contributed by atoms with Gasteiger partial charge in [-0.2, -0.15) is 11.8 Å². The average Bonchev–Trinajstić information content (AvgIpc) is 3.79. The Morgan fingerprint density at radius 3 is 1.98 bits per heavy atom. The van der Waals surface area contributed by atoms with Crippen LogP contribution in [0.3, 0.4) is 0 Å². The molecule has 2 aromatic heterocycles. The molecular formula is C32H38N6O5S. The van der Waals surface area contributed by atoms with Crippen molar-refractivity contribution in [2.45, 2.75) is 56.3 Å². The summed E-state index contributed by atoms with van der Waals surface area (Å²) in [5, 5.41) is 23.4. The molecule has 0 aliphatic carbocycles. The number of hydrogen-bond donors (Lipinski definition) is 7. The van der Waals surface area contributed by atoms with Gasteiger partial charge in [-0.3, -0.25) is 14.4 Å². The lowest BCUT2D eigenvalue weighted by Crippen LogP contribution is -2.57. The van der Waals surface area contributed by atoms with Gasteiger partial charge in [-0.25, -0.2) is 4.79 Å². The van der Waals surface area contributed by atoms with Crippen LogP contribution in [0, 0.1) is 0 Å². The number of nitrogens with one attached hydrogen (secondary N) is 6. The van der Waals surface area contributed by atoms with Gasteiger partial charge in [0.2, 0.25) is 17.7 Å². The first kappa shape index (κ1) is 31.1. The van der Waals surface area contributed by atoms with Gasteiger partial charge in [-0.1, -0.05) is 36.4 Å². The summed E-state index contributed by atoms with van der Waals surface area (Å²) in [4.78, 5) is 59.0. The monoisotopic (exact) mass is 618 g/mol. The first-order chi connectivity index (χ1) is 21.3. The molecular weight excluding hydrogens is 580 g/mol. The summed E-state index contributed by atoms with van der Waals surface area (Å²) in [6.45, 7) is 0.734. The molecule has 2 aromatic carbocycles. The zero-order chi connectivity index (χ0) is 31.1. The van der Waals surface area contributed by atoms with Crippen molar-refractivity contribution in [1.29, 1.82) is 0 Å². The van der Waals surface area contributed by atoms with Crippen molar-refractivity contribution in [3.8, 4) is 0 Å². The SMILES string of the molecule is CSCCC(NC(=O)C(Cc1c[nH]c2ccccc12)NC(=O)C1CCCN1)C(=O)NC(Cc1c[nH]c2ccccc12)C(=O)O. The molecule has 11 nitrogen and oxygen atoms in total. The minimum absolute atomic E-state index is 0.0713. The van der Waals surface area contributed by atoms with Crippen molar-refractivity contribution in [1.82, 2.24) is 31.2 Å². The average molecular weight is 619 g/mol. The number of fused-ring (bicyclic) bond motifs is 2. The minimum atomic E-state index is -1.20. The minimum Gasteiger partial charge on any atom is -0.480 e. The summed E-state index contributed by atoms with van der Waals surface area (Å²) in [7, 11) is 0. The molecule has 4 aromatic rings. The van der Waals surface area contributed by atoms with Crippen LogP contribution in [0.1, 0.15) is 30.4 Å². The molecule has 4 atom stereocenters. The molecule has 0 spiro atoms. The molecule has 7 N–H and O–H groups in total. The number of carbonyl (C=O) groups is 4. The van der Waals surface area contributed by atoms with Crippen molar-refractivity contribution >= 4 is 57.3 Å². The third kappa shape index (κ3) is 7.43. The molecule has 0 radical (unpaired) electrons. The van der Waals surface area contributed by atoms with E-state index in [2.05, 4.69) is 31.2 Å². The van der Waals surface area contributed by atoms with Crippen LogP contribution in [-0.4, -0.2) is 81.5 Å². The zero-order valence-corrected chi connectivity index (χ0v) is 25.3. The number of thioether (sulfide) groups is 1. The number of carbonyl (C=O) groups excluding carboxylic acids is 3. The van der Waals surface area contributed by atoms with Gasteiger partial charge < -0.3 is 36.3 Å². The Bertz CT molecular complexity index is 1630. The lowest BCUT2D eigenvalue weighted by Gasteiger charge is -2.25. The molecule has 44 heavy (non-hydrogen) atoms. The van der Waals surface area contributed by atoms with Gasteiger partial charge in [0.15, 0.2) is 0 Å². The fourth-order valence-electron chi connectivity index (χ4n) is 5.68. The highest BCUT2D eigenvalue weighted by molar-refractivity contribution is 7.98. The van der Waals surface area contributed by atoms with Crippen LogP contribution in [0.4, 0.5) is 0 Å². The molecule has 12 heteroatoms. The maximum atomic E-state index is 13.8. The summed E-state index contributed by atoms with van der Waals surface area (Å²) in [6, 6.07) is 11.7. The molecule has 1 aliphatic heterocycles. The van der Waals surface area contributed by atoms with Crippen LogP contribution in [0.15, 0.2) is 60.9 Å². The molecule has 0 saturated carbocycles. The highest BCUT2D eigenvalue weighted by Crippen LogP contribution is 2.21. The van der Waals surface area contributed by atoms with E-state index in [-0.39, 0.29) is 31.2 Å². The Morgan fingerprint density at radius 2 is 1.41 bits per heavy atom. The Balaban J connectivity index is 1.33. The number of H-pyrrole nitrogens is 2. The van der Waals surface area contributed by atoms with Crippen molar-refractivity contribution in [3.63, 3.8) is 0 Å². The Labute approximate surface area is 259 Å². The largest absolute Gasteiger partial charge is 0.480 e. The fraction of sp³-hybridized carbons (Fsp3) is 0.375. The number of carboxylic acids is 1. The molecule has 1 fully saturated rings. The van der Waals surface area contributed by atoms with Gasteiger partial charge in [0.05, 0.1) is 6.04 Å². The van der Waals surface area contributed by atoms with Gasteiger partial charge in [0, 0.05) is 47.0 Å². The van der Waals surface area contributed by atoms with Gasteiger partial charge >= 0.3 is 5.97 Å². The second kappa shape index (κ2) is 14.5. The van der Waals surface area contributed by atoms with Crippen LogP contribution in [0.5, 0.6) is 0 Å². The van der Waals surface area contributed by atoms with E-state index in [0.29, 0.717) is 12.2 Å². The fourth-order valence-corrected chi connectivity index (χ4v) is 6.15. The number of aliphatic carboxylic acids is 1. The third-order valence-corrected chi connectivity index (χ3v) is 8.71. The highest BCUT2D eigenvalue weighted by atomic mass is 32.2. The van der Waals surface area contributed by atoms with E-state index in [4.69, 9.17) is 0 Å². The second-order valence-electron chi connectivity index (χ2n) is 11.1. The Kier molecular flexibility index (Phi) is 10.2. The number of aromatic nitrogens is 2. The molecule has 0 bridgehead atoms. The number of amides is 3. The maximum Gasteiger partial charge on any atom is 0.326 e. The van der Waals surface area contributed by atoms with Crippen LogP contribution in [0.25, 0.3) is 21.8 Å². The van der Waals surface area contributed by atoms with Crippen molar-refractivity contribution < 1.29 is 24.3 Å². The lowest BCUT2D eigenvalue weighted by atomic mass is 10.0. The lowest BCUT2D eigenvalue weighted by molar-refractivity contribution is -0.142. The highest BCUT2D eigenvalue weighted by Gasteiger charge is 2.32. The first-order valence-corrected chi connectivity index (χ1v) is 16.2. The molecule has 1 aliphatic rings. The topological polar surface area (TPSA) is 168 Å². The van der Waals surface area contributed by atoms with Gasteiger partial charge in [0.1, 0.15) is 18.1 Å². The quantitative estimate of drug-likeness (QED) is 0.114. The van der Waals surface area contributed by atoms with Crippen molar-refractivity contribution in [2.75, 3.05) is 18.6 Å². The maximum absolute atomic E-state index is 13.8. The number of para-hydroxylation sites is 2. The van der Waals surface area contributed by atoms with Crippen LogP contribution < -0.4 is 21.3 Å². The summed E-state index contributed by atoms with van der Waals surface area (Å²) < 4.78 is 0. The van der Waals surface area contributed by atoms with Gasteiger partial charge in [-0.15, -0.1) is 0 Å². The second-order valence-corrected chi connectivity index (χ2v) is 12.1. The van der Waals surface area contributed by atoms with Gasteiger partial charge in [-0.05, 0) is 61.1 Å². The van der Waals surface area contributed by atoms with Crippen LogP contribution in [-0.2, 0) is 32.0 Å². The number of carboxylic acid groups (broad SMARTS) is 1. The number of aromatic amines is 2. The van der Waals surface area contributed by atoms with E-state index in [1.807, 2.05) is 61.0 Å². The first-order valence-electron chi connectivity index (χ1n) is 14.8. The van der Waals surface area contributed by atoms with Crippen LogP contribution in [0.2, 0.25) is 0 Å². The number of benzene rings is 2. The van der Waals surface area contributed by atoms with Crippen molar-refractivity contribution in [3.05, 3.63) is 72.1 Å². The number of rotatable bonds is 14. The summed E-state index contributed by atoms with van der Waals surface area (Å²) in [6.07, 6.45) is 7.59. The molecule has 3 amide bonds. The Morgan fingerprint density at radius 1 is 0.841 bits per heavy atom. The molecule has 1 saturated heterocycles. The smallest absolute Gasteiger partial charge is 0.326 e. The van der Waals surface area contributed by atoms with E-state index in [1.54, 1.807) is 6.20 Å². The van der Waals surface area contributed by atoms with Gasteiger partial charge in [0.25, 0.3) is 0 Å². The summed E-state index contributed by atoms with van der Waals surface area (Å²) >= 11 is 1.51. The van der Waals surface area contributed by atoms with E-state index in [1.165, 1.54) is 11.8 Å².